The molecule has 1 unspecified atom stereocenters. The molecule has 0 aromatic heterocycles. The summed E-state index contributed by atoms with van der Waals surface area (Å²) in [5.41, 5.74) is 3.57. The van der Waals surface area contributed by atoms with Crippen molar-refractivity contribution in [3.8, 4) is 0 Å². The van der Waals surface area contributed by atoms with E-state index in [1.54, 1.807) is 12.1 Å². The summed E-state index contributed by atoms with van der Waals surface area (Å²) < 4.78 is 13.8. The van der Waals surface area contributed by atoms with Crippen LogP contribution in [-0.4, -0.2) is 50.0 Å². The Bertz CT molecular complexity index is 1030. The summed E-state index contributed by atoms with van der Waals surface area (Å²) in [7, 11) is 1.82. The highest BCUT2D eigenvalue weighted by atomic mass is 19.1. The topological polar surface area (TPSA) is 47.9 Å². The fourth-order valence-corrected chi connectivity index (χ4v) is 5.28. The van der Waals surface area contributed by atoms with Crippen LogP contribution >= 0.6 is 0 Å². The van der Waals surface area contributed by atoms with E-state index in [4.69, 9.17) is 0 Å². The van der Waals surface area contributed by atoms with Crippen molar-refractivity contribution in [2.75, 3.05) is 38.1 Å². The lowest BCUT2D eigenvalue weighted by Gasteiger charge is -2.26. The van der Waals surface area contributed by atoms with Crippen LogP contribution in [0.3, 0.4) is 0 Å². The quantitative estimate of drug-likeness (QED) is 0.551. The third-order valence-electron chi connectivity index (χ3n) is 7.33. The first kappa shape index (κ1) is 21.0. The lowest BCUT2D eigenvalue weighted by Crippen LogP contribution is -2.44. The highest BCUT2D eigenvalue weighted by Gasteiger charge is 2.45. The Kier molecular flexibility index (Phi) is 5.62. The maximum Gasteiger partial charge on any atom is 0.222 e. The van der Waals surface area contributed by atoms with Gasteiger partial charge in [-0.15, -0.1) is 0 Å². The Labute approximate surface area is 189 Å². The molecule has 1 aliphatic carbocycles. The number of guanidine groups is 1. The van der Waals surface area contributed by atoms with Gasteiger partial charge in [0.05, 0.1) is 0 Å². The Morgan fingerprint density at radius 3 is 2.78 bits per heavy atom. The van der Waals surface area contributed by atoms with Crippen LogP contribution < -0.4 is 10.2 Å². The number of rotatable bonds is 6. The number of benzene rings is 2. The van der Waals surface area contributed by atoms with Crippen LogP contribution in [0.4, 0.5) is 10.1 Å². The van der Waals surface area contributed by atoms with Gasteiger partial charge < -0.3 is 15.1 Å². The largest absolute Gasteiger partial charge is 0.355 e. The molecule has 1 saturated heterocycles. The highest BCUT2D eigenvalue weighted by molar-refractivity contribution is 5.98. The molecule has 2 aromatic carbocycles. The number of nitrogens with zero attached hydrogens (tertiary/aromatic N) is 3. The molecule has 5 nitrogen and oxygen atoms in total. The van der Waals surface area contributed by atoms with E-state index in [-0.39, 0.29) is 17.1 Å². The van der Waals surface area contributed by atoms with E-state index in [1.807, 2.05) is 18.0 Å². The van der Waals surface area contributed by atoms with Gasteiger partial charge in [-0.1, -0.05) is 30.3 Å². The number of nitrogens with one attached hydrogen (secondary N) is 1. The Morgan fingerprint density at radius 1 is 1.22 bits per heavy atom. The van der Waals surface area contributed by atoms with E-state index in [1.165, 1.54) is 17.3 Å². The summed E-state index contributed by atoms with van der Waals surface area (Å²) in [5.74, 6) is 1.35. The van der Waals surface area contributed by atoms with Crippen molar-refractivity contribution in [2.45, 2.75) is 43.4 Å². The predicted octanol–water partition coefficient (Wildman–Crippen LogP) is 4.05. The highest BCUT2D eigenvalue weighted by Crippen LogP contribution is 2.48. The van der Waals surface area contributed by atoms with E-state index in [0.717, 1.165) is 63.4 Å². The number of carbonyl (C=O) groups excluding carboxylic acids is 1. The van der Waals surface area contributed by atoms with Crippen LogP contribution in [0.1, 0.15) is 49.1 Å². The van der Waals surface area contributed by atoms with Crippen molar-refractivity contribution in [1.82, 2.24) is 10.2 Å². The van der Waals surface area contributed by atoms with Crippen molar-refractivity contribution < 1.29 is 9.18 Å². The van der Waals surface area contributed by atoms with Gasteiger partial charge in [-0.25, -0.2) is 4.39 Å². The summed E-state index contributed by atoms with van der Waals surface area (Å²) in [6.45, 7) is 3.31. The summed E-state index contributed by atoms with van der Waals surface area (Å²) >= 11 is 0. The van der Waals surface area contributed by atoms with Crippen LogP contribution in [0.15, 0.2) is 53.5 Å². The third kappa shape index (κ3) is 3.98. The molecule has 2 heterocycles. The first-order chi connectivity index (χ1) is 15.6. The molecular weight excluding hydrogens is 403 g/mol. The number of hydrogen-bond acceptors (Lipinski definition) is 2. The zero-order chi connectivity index (χ0) is 22.1. The van der Waals surface area contributed by atoms with Gasteiger partial charge in [-0.3, -0.25) is 9.79 Å². The molecular formula is C26H31FN4O. The zero-order valence-corrected chi connectivity index (χ0v) is 18.7. The SMILES string of the molecule is CN=C(NCC1(c2cccc(F)c2)CC1)N1CC(CCN2CCCC2=O)c2ccccc21. The molecule has 6 heteroatoms. The van der Waals surface area contributed by atoms with Crippen molar-refractivity contribution >= 4 is 17.6 Å². The van der Waals surface area contributed by atoms with Crippen LogP contribution in [0.5, 0.6) is 0 Å². The molecule has 2 aliphatic heterocycles. The number of aliphatic imine (C=N–C) groups is 1. The Balaban J connectivity index is 1.28. The van der Waals surface area contributed by atoms with Gasteiger partial charge in [-0.2, -0.15) is 0 Å². The molecule has 1 atom stereocenters. The second kappa shape index (κ2) is 8.57. The van der Waals surface area contributed by atoms with Gasteiger partial charge in [0.25, 0.3) is 0 Å². The van der Waals surface area contributed by atoms with E-state index in [2.05, 4.69) is 39.5 Å². The molecule has 2 aromatic rings. The Hall–Kier alpha value is -2.89. The summed E-state index contributed by atoms with van der Waals surface area (Å²) in [6, 6.07) is 15.5. The van der Waals surface area contributed by atoms with Crippen molar-refractivity contribution in [3.05, 3.63) is 65.5 Å². The molecule has 5 rings (SSSR count). The molecule has 1 N–H and O–H groups in total. The fraction of sp³-hybridized carbons (Fsp3) is 0.462. The minimum Gasteiger partial charge on any atom is -0.355 e. The molecule has 2 fully saturated rings. The smallest absolute Gasteiger partial charge is 0.222 e. The third-order valence-corrected chi connectivity index (χ3v) is 7.33. The first-order valence-corrected chi connectivity index (χ1v) is 11.7. The average molecular weight is 435 g/mol. The molecule has 3 aliphatic rings. The van der Waals surface area contributed by atoms with Gasteiger partial charge in [0.15, 0.2) is 5.96 Å². The fourth-order valence-electron chi connectivity index (χ4n) is 5.28. The van der Waals surface area contributed by atoms with Crippen LogP contribution in [0.25, 0.3) is 0 Å². The van der Waals surface area contributed by atoms with Gasteiger partial charge in [0.2, 0.25) is 5.91 Å². The number of halogens is 1. The van der Waals surface area contributed by atoms with E-state index < -0.39 is 0 Å². The van der Waals surface area contributed by atoms with Crippen LogP contribution in [0, 0.1) is 5.82 Å². The van der Waals surface area contributed by atoms with Gasteiger partial charge in [0, 0.05) is 56.7 Å². The lowest BCUT2D eigenvalue weighted by atomic mass is 9.96. The Morgan fingerprint density at radius 2 is 2.06 bits per heavy atom. The minimum absolute atomic E-state index is 0.00714. The lowest BCUT2D eigenvalue weighted by molar-refractivity contribution is -0.127. The standard InChI is InChI=1S/C26H31FN4O/c1-28-25(29-18-26(12-13-26)20-6-4-7-21(27)16-20)31-17-19(22-8-2-3-9-23(22)31)11-15-30-14-5-10-24(30)32/h2-4,6-9,16,19H,5,10-15,17-18H2,1H3,(H,28,29). The number of carbonyl (C=O) groups is 1. The van der Waals surface area contributed by atoms with Crippen molar-refractivity contribution in [2.24, 2.45) is 4.99 Å². The maximum absolute atomic E-state index is 13.8. The maximum atomic E-state index is 13.8. The second-order valence-corrected chi connectivity index (χ2v) is 9.33. The molecule has 32 heavy (non-hydrogen) atoms. The van der Waals surface area contributed by atoms with E-state index in [9.17, 15) is 9.18 Å². The van der Waals surface area contributed by atoms with Crippen molar-refractivity contribution in [1.29, 1.82) is 0 Å². The minimum atomic E-state index is -0.175. The number of anilines is 1. The summed E-state index contributed by atoms with van der Waals surface area (Å²) in [5, 5.41) is 3.59. The molecule has 0 bridgehead atoms. The van der Waals surface area contributed by atoms with E-state index >= 15 is 0 Å². The average Bonchev–Trinajstić information content (AvgIpc) is 3.36. The zero-order valence-electron chi connectivity index (χ0n) is 18.7. The number of hydrogen-bond donors (Lipinski definition) is 1. The number of amides is 1. The van der Waals surface area contributed by atoms with E-state index in [0.29, 0.717) is 12.3 Å². The first-order valence-electron chi connectivity index (χ1n) is 11.7. The van der Waals surface area contributed by atoms with Crippen LogP contribution in [-0.2, 0) is 10.2 Å². The number of fused-ring (bicyclic) bond motifs is 1. The van der Waals surface area contributed by atoms with Gasteiger partial charge >= 0.3 is 0 Å². The predicted molar refractivity (Wildman–Crippen MR) is 126 cm³/mol. The van der Waals surface area contributed by atoms with Crippen LogP contribution in [0.2, 0.25) is 0 Å². The number of para-hydroxylation sites is 1. The summed E-state index contributed by atoms with van der Waals surface area (Å²) in [6.07, 6.45) is 4.75. The van der Waals surface area contributed by atoms with Crippen molar-refractivity contribution in [3.63, 3.8) is 0 Å². The second-order valence-electron chi connectivity index (χ2n) is 9.33. The monoisotopic (exact) mass is 434 g/mol. The van der Waals surface area contributed by atoms with Gasteiger partial charge in [0.1, 0.15) is 5.82 Å². The summed E-state index contributed by atoms with van der Waals surface area (Å²) in [4.78, 5) is 20.9. The molecule has 1 saturated carbocycles. The molecule has 168 valence electrons. The normalized spacial score (nSPS) is 21.8. The molecule has 1 amide bonds. The van der Waals surface area contributed by atoms with Gasteiger partial charge in [-0.05, 0) is 55.0 Å². The molecule has 0 radical (unpaired) electrons. The molecule has 0 spiro atoms. The number of likely N-dealkylation sites (tertiary alicyclic amines) is 1.